The number of benzene rings is 1. The molecular formula is C36H55N4S2+. The Morgan fingerprint density at radius 2 is 1.31 bits per heavy atom. The molecule has 0 atom stereocenters. The molecule has 1 aromatic carbocycles. The van der Waals surface area contributed by atoms with Crippen LogP contribution in [0.3, 0.4) is 0 Å². The number of quaternary nitrogens is 1. The number of thiophene rings is 2. The maximum absolute atomic E-state index is 5.16. The van der Waals surface area contributed by atoms with Crippen molar-refractivity contribution in [2.24, 2.45) is 0 Å². The van der Waals surface area contributed by atoms with Crippen LogP contribution in [0.25, 0.3) is 31.2 Å². The van der Waals surface area contributed by atoms with E-state index >= 15 is 0 Å². The molecule has 0 saturated heterocycles. The van der Waals surface area contributed by atoms with Gasteiger partial charge in [0.1, 0.15) is 11.0 Å². The summed E-state index contributed by atoms with van der Waals surface area (Å²) in [7, 11) is 2.39. The lowest BCUT2D eigenvalue weighted by molar-refractivity contribution is -0.906. The van der Waals surface area contributed by atoms with Gasteiger partial charge in [0.25, 0.3) is 0 Å². The molecule has 0 saturated carbocycles. The fraction of sp³-hybridized carbons (Fsp3) is 0.611. The maximum Gasteiger partial charge on any atom is 0.122 e. The summed E-state index contributed by atoms with van der Waals surface area (Å²) >= 11 is 3.83. The summed E-state index contributed by atoms with van der Waals surface area (Å²) in [4.78, 5) is 7.44. The van der Waals surface area contributed by atoms with E-state index < -0.39 is 0 Å². The van der Waals surface area contributed by atoms with E-state index in [1.54, 1.807) is 0 Å². The van der Waals surface area contributed by atoms with Gasteiger partial charge in [0.05, 0.1) is 33.2 Å². The van der Waals surface area contributed by atoms with Crippen molar-refractivity contribution in [3.63, 3.8) is 0 Å². The summed E-state index contributed by atoms with van der Waals surface area (Å²) in [6, 6.07) is 13.9. The lowest BCUT2D eigenvalue weighted by Crippen LogP contribution is -2.44. The van der Waals surface area contributed by atoms with Crippen LogP contribution in [-0.4, -0.2) is 46.2 Å². The molecule has 3 aromatic heterocycles. The van der Waals surface area contributed by atoms with Gasteiger partial charge in [0.2, 0.25) is 0 Å². The van der Waals surface area contributed by atoms with Gasteiger partial charge >= 0.3 is 0 Å². The highest BCUT2D eigenvalue weighted by atomic mass is 32.1. The number of aryl methyl sites for hydroxylation is 1. The number of unbranched alkanes of at least 4 members (excludes halogenated alkanes) is 3. The molecular weight excluding hydrogens is 553 g/mol. The molecule has 0 aliphatic heterocycles. The molecule has 0 unspecified atom stereocenters. The van der Waals surface area contributed by atoms with Gasteiger partial charge < -0.3 is 4.48 Å². The molecule has 0 spiro atoms. The summed E-state index contributed by atoms with van der Waals surface area (Å²) in [5.74, 6) is 0. The Kier molecular flexibility index (Phi) is 10.8. The molecule has 3 heterocycles. The average Bonchev–Trinajstić information content (AvgIpc) is 3.78. The Morgan fingerprint density at radius 1 is 0.690 bits per heavy atom. The van der Waals surface area contributed by atoms with E-state index in [1.807, 2.05) is 27.5 Å². The minimum atomic E-state index is 0.0984. The quantitative estimate of drug-likeness (QED) is 0.0937. The van der Waals surface area contributed by atoms with E-state index in [1.165, 1.54) is 74.0 Å². The molecule has 42 heavy (non-hydrogen) atoms. The summed E-state index contributed by atoms with van der Waals surface area (Å²) in [5.41, 5.74) is 5.03. The highest BCUT2D eigenvalue weighted by Gasteiger charge is 2.28. The fourth-order valence-electron chi connectivity index (χ4n) is 5.72. The molecule has 0 bridgehead atoms. The molecule has 0 aliphatic rings. The number of nitrogens with zero attached hydrogens (tertiary/aromatic N) is 4. The summed E-state index contributed by atoms with van der Waals surface area (Å²) < 4.78 is 1.18. The predicted octanol–water partition coefficient (Wildman–Crippen LogP) is 10.7. The number of rotatable bonds is 16. The fourth-order valence-corrected chi connectivity index (χ4v) is 8.02. The minimum absolute atomic E-state index is 0.0984. The van der Waals surface area contributed by atoms with E-state index in [4.69, 9.17) is 10.2 Å². The van der Waals surface area contributed by atoms with Crippen molar-refractivity contribution in [2.45, 2.75) is 118 Å². The van der Waals surface area contributed by atoms with Gasteiger partial charge in [-0.25, -0.2) is 0 Å². The Morgan fingerprint density at radius 3 is 1.98 bits per heavy atom. The largest absolute Gasteiger partial charge is 0.327 e. The van der Waals surface area contributed by atoms with Crippen molar-refractivity contribution in [3.05, 3.63) is 46.8 Å². The third-order valence-corrected chi connectivity index (χ3v) is 13.2. The highest BCUT2D eigenvalue weighted by Crippen LogP contribution is 2.44. The van der Waals surface area contributed by atoms with Crippen molar-refractivity contribution >= 4 is 33.7 Å². The van der Waals surface area contributed by atoms with E-state index in [9.17, 15) is 0 Å². The zero-order valence-electron chi connectivity index (χ0n) is 27.8. The second-order valence-corrected chi connectivity index (χ2v) is 15.5. The van der Waals surface area contributed by atoms with Crippen LogP contribution in [0.15, 0.2) is 36.4 Å². The molecule has 4 rings (SSSR count). The summed E-state index contributed by atoms with van der Waals surface area (Å²) in [6.45, 7) is 23.2. The third-order valence-electron chi connectivity index (χ3n) is 10.4. The van der Waals surface area contributed by atoms with E-state index in [0.717, 1.165) is 43.3 Å². The zero-order chi connectivity index (χ0) is 30.5. The molecule has 0 fully saturated rings. The first-order chi connectivity index (χ1) is 20.0. The molecule has 0 N–H and O–H groups in total. The van der Waals surface area contributed by atoms with Gasteiger partial charge in [-0.2, -0.15) is 15.0 Å². The third kappa shape index (κ3) is 7.03. The lowest BCUT2D eigenvalue weighted by atomic mass is 9.77. The van der Waals surface area contributed by atoms with Crippen molar-refractivity contribution in [3.8, 4) is 20.2 Å². The van der Waals surface area contributed by atoms with Gasteiger partial charge in [-0.15, -0.1) is 22.7 Å². The standard InChI is InChI=1S/C36H55N4S2/c1-10-35(6,7)32-24-23-31(42-32)30-22-21-29(41-30)27-19-20-28(36(8,11-2)12-3)34-33(27)37-39(38-34)25-17-15-16-18-26-40(9,13-4)14-5/h19-24H,10-18,25-26H2,1-9H3/q+1. The van der Waals surface area contributed by atoms with Gasteiger partial charge in [-0.1, -0.05) is 60.1 Å². The Bertz CT molecular complexity index is 1430. The highest BCUT2D eigenvalue weighted by molar-refractivity contribution is 7.24. The van der Waals surface area contributed by atoms with Crippen LogP contribution in [0.4, 0.5) is 0 Å². The SMILES string of the molecule is CCC(C)(C)c1ccc(-c2ccc(-c3ccc(C(C)(CC)CC)c4nn(CCCCCC[N+](C)(CC)CC)nc34)s2)s1. The van der Waals surface area contributed by atoms with Crippen LogP contribution in [-0.2, 0) is 17.4 Å². The van der Waals surface area contributed by atoms with Crippen molar-refractivity contribution in [2.75, 3.05) is 26.7 Å². The Balaban J connectivity index is 1.58. The van der Waals surface area contributed by atoms with Crippen molar-refractivity contribution in [1.29, 1.82) is 0 Å². The van der Waals surface area contributed by atoms with Crippen LogP contribution in [0.2, 0.25) is 0 Å². The van der Waals surface area contributed by atoms with Crippen LogP contribution >= 0.6 is 22.7 Å². The molecule has 4 nitrogen and oxygen atoms in total. The molecule has 0 radical (unpaired) electrons. The summed E-state index contributed by atoms with van der Waals surface area (Å²) in [6.07, 6.45) is 8.28. The second-order valence-electron chi connectivity index (χ2n) is 13.4. The number of fused-ring (bicyclic) bond motifs is 1. The lowest BCUT2D eigenvalue weighted by Gasteiger charge is -2.32. The van der Waals surface area contributed by atoms with E-state index in [0.29, 0.717) is 0 Å². The Labute approximate surface area is 263 Å². The smallest absolute Gasteiger partial charge is 0.122 e. The van der Waals surface area contributed by atoms with Gasteiger partial charge in [-0.3, -0.25) is 0 Å². The molecule has 4 aromatic rings. The normalized spacial score (nSPS) is 13.0. The van der Waals surface area contributed by atoms with Crippen molar-refractivity contribution in [1.82, 2.24) is 15.0 Å². The average molecular weight is 608 g/mol. The molecule has 0 aliphatic carbocycles. The monoisotopic (exact) mass is 607 g/mol. The molecule has 6 heteroatoms. The first-order valence-electron chi connectivity index (χ1n) is 16.5. The van der Waals surface area contributed by atoms with E-state index in [2.05, 4.69) is 98.8 Å². The first kappa shape index (κ1) is 32.9. The minimum Gasteiger partial charge on any atom is -0.327 e. The number of hydrogen-bond donors (Lipinski definition) is 0. The van der Waals surface area contributed by atoms with Crippen LogP contribution < -0.4 is 0 Å². The van der Waals surface area contributed by atoms with Crippen molar-refractivity contribution < 1.29 is 4.48 Å². The topological polar surface area (TPSA) is 30.7 Å². The number of aromatic nitrogens is 3. The number of hydrogen-bond acceptors (Lipinski definition) is 4. The Hall–Kier alpha value is -2.02. The summed E-state index contributed by atoms with van der Waals surface area (Å²) in [5, 5.41) is 10.3. The van der Waals surface area contributed by atoms with E-state index in [-0.39, 0.29) is 10.8 Å². The predicted molar refractivity (Wildman–Crippen MR) is 186 cm³/mol. The zero-order valence-corrected chi connectivity index (χ0v) is 29.5. The second kappa shape index (κ2) is 13.7. The molecule has 230 valence electrons. The first-order valence-corrected chi connectivity index (χ1v) is 18.1. The maximum atomic E-state index is 5.16. The van der Waals surface area contributed by atoms with Crippen LogP contribution in [0, 0.1) is 0 Å². The van der Waals surface area contributed by atoms with Gasteiger partial charge in [0, 0.05) is 25.1 Å². The van der Waals surface area contributed by atoms with Crippen LogP contribution in [0.5, 0.6) is 0 Å². The van der Waals surface area contributed by atoms with Crippen LogP contribution in [0.1, 0.15) is 111 Å². The van der Waals surface area contributed by atoms with Gasteiger partial charge in [-0.05, 0) is 93.0 Å². The molecule has 0 amide bonds. The van der Waals surface area contributed by atoms with Gasteiger partial charge in [0.15, 0.2) is 0 Å².